The van der Waals surface area contributed by atoms with Crippen molar-refractivity contribution in [3.63, 3.8) is 0 Å². The van der Waals surface area contributed by atoms with E-state index >= 15 is 0 Å². The Bertz CT molecular complexity index is 523. The van der Waals surface area contributed by atoms with Gasteiger partial charge in [-0.15, -0.1) is 0 Å². The molecule has 21 heavy (non-hydrogen) atoms. The van der Waals surface area contributed by atoms with Crippen LogP contribution in [-0.2, 0) is 0 Å². The highest BCUT2D eigenvalue weighted by atomic mass is 19.1. The number of carboxylic acids is 1. The Morgan fingerprint density at radius 2 is 2.00 bits per heavy atom. The van der Waals surface area contributed by atoms with Gasteiger partial charge >= 0.3 is 5.97 Å². The standard InChI is InChI=1S/C14H20FN3O3/c1-14(2,21)9-17-3-5-18(6-4-17)12-11(13(19)20)7-10(15)8-16-12/h7-8,21H,3-6,9H2,1-2H3,(H,19,20). The highest BCUT2D eigenvalue weighted by Crippen LogP contribution is 2.20. The van der Waals surface area contributed by atoms with E-state index < -0.39 is 17.4 Å². The number of hydrogen-bond acceptors (Lipinski definition) is 5. The minimum absolute atomic E-state index is 0.120. The molecule has 1 aromatic heterocycles. The van der Waals surface area contributed by atoms with Crippen LogP contribution in [0.3, 0.4) is 0 Å². The summed E-state index contributed by atoms with van der Waals surface area (Å²) in [5.41, 5.74) is -0.881. The quantitative estimate of drug-likeness (QED) is 0.856. The van der Waals surface area contributed by atoms with Crippen LogP contribution >= 0.6 is 0 Å². The van der Waals surface area contributed by atoms with Gasteiger partial charge in [-0.25, -0.2) is 14.2 Å². The van der Waals surface area contributed by atoms with E-state index in [9.17, 15) is 14.3 Å². The summed E-state index contributed by atoms with van der Waals surface area (Å²) >= 11 is 0. The second-order valence-electron chi connectivity index (χ2n) is 5.91. The number of pyridine rings is 1. The SMILES string of the molecule is CC(C)(O)CN1CCN(c2ncc(F)cc2C(=O)O)CC1. The molecular weight excluding hydrogens is 277 g/mol. The molecule has 1 aliphatic rings. The van der Waals surface area contributed by atoms with E-state index in [4.69, 9.17) is 5.11 Å². The molecule has 0 amide bonds. The van der Waals surface area contributed by atoms with Gasteiger partial charge in [-0.05, 0) is 19.9 Å². The molecule has 6 nitrogen and oxygen atoms in total. The smallest absolute Gasteiger partial charge is 0.339 e. The van der Waals surface area contributed by atoms with Gasteiger partial charge < -0.3 is 15.1 Å². The molecule has 116 valence electrons. The zero-order valence-electron chi connectivity index (χ0n) is 12.2. The lowest BCUT2D eigenvalue weighted by Gasteiger charge is -2.38. The van der Waals surface area contributed by atoms with Crippen molar-refractivity contribution in [3.05, 3.63) is 23.6 Å². The Morgan fingerprint density at radius 1 is 1.38 bits per heavy atom. The van der Waals surface area contributed by atoms with E-state index in [0.717, 1.165) is 12.3 Å². The van der Waals surface area contributed by atoms with E-state index in [1.807, 2.05) is 4.90 Å². The molecule has 0 aliphatic carbocycles. The van der Waals surface area contributed by atoms with Gasteiger partial charge in [0, 0.05) is 32.7 Å². The topological polar surface area (TPSA) is 76.9 Å². The Hall–Kier alpha value is -1.73. The Balaban J connectivity index is 2.07. The number of anilines is 1. The van der Waals surface area contributed by atoms with Crippen LogP contribution in [0, 0.1) is 5.82 Å². The summed E-state index contributed by atoms with van der Waals surface area (Å²) in [6.07, 6.45) is 1.03. The molecule has 1 aliphatic heterocycles. The molecule has 0 aromatic carbocycles. The summed E-state index contributed by atoms with van der Waals surface area (Å²) < 4.78 is 13.1. The number of piperazine rings is 1. The van der Waals surface area contributed by atoms with Gasteiger partial charge in [-0.2, -0.15) is 0 Å². The van der Waals surface area contributed by atoms with Crippen LogP contribution in [0.15, 0.2) is 12.3 Å². The number of hydrogen-bond donors (Lipinski definition) is 2. The van der Waals surface area contributed by atoms with Crippen LogP contribution in [0.25, 0.3) is 0 Å². The predicted octanol–water partition coefficient (Wildman–Crippen LogP) is 0.812. The molecule has 2 heterocycles. The summed E-state index contributed by atoms with van der Waals surface area (Å²) in [5, 5.41) is 19.0. The molecule has 0 radical (unpaired) electrons. The molecule has 0 bridgehead atoms. The van der Waals surface area contributed by atoms with Crippen molar-refractivity contribution < 1.29 is 19.4 Å². The minimum Gasteiger partial charge on any atom is -0.478 e. The van der Waals surface area contributed by atoms with E-state index in [1.54, 1.807) is 13.8 Å². The number of carboxylic acid groups (broad SMARTS) is 1. The van der Waals surface area contributed by atoms with Gasteiger partial charge in [0.1, 0.15) is 17.2 Å². The van der Waals surface area contributed by atoms with Crippen LogP contribution in [0.1, 0.15) is 24.2 Å². The second-order valence-corrected chi connectivity index (χ2v) is 5.91. The van der Waals surface area contributed by atoms with Crippen LogP contribution in [0.2, 0.25) is 0 Å². The number of aliphatic hydroxyl groups is 1. The third-order valence-electron chi connectivity index (χ3n) is 3.35. The fourth-order valence-electron chi connectivity index (χ4n) is 2.51. The Morgan fingerprint density at radius 3 is 2.52 bits per heavy atom. The van der Waals surface area contributed by atoms with Crippen LogP contribution in [-0.4, -0.2) is 64.4 Å². The largest absolute Gasteiger partial charge is 0.478 e. The first-order valence-corrected chi connectivity index (χ1v) is 6.85. The van der Waals surface area contributed by atoms with Gasteiger partial charge in [0.05, 0.1) is 11.8 Å². The lowest BCUT2D eigenvalue weighted by atomic mass is 10.1. The number of halogens is 1. The van der Waals surface area contributed by atoms with E-state index in [0.29, 0.717) is 38.5 Å². The number of aromatic carboxylic acids is 1. The van der Waals surface area contributed by atoms with E-state index in [-0.39, 0.29) is 5.56 Å². The lowest BCUT2D eigenvalue weighted by molar-refractivity contribution is 0.0344. The molecule has 1 aromatic rings. The molecule has 0 unspecified atom stereocenters. The monoisotopic (exact) mass is 297 g/mol. The first-order chi connectivity index (χ1) is 9.76. The molecule has 0 spiro atoms. The molecule has 0 atom stereocenters. The van der Waals surface area contributed by atoms with Gasteiger partial charge in [-0.1, -0.05) is 0 Å². The van der Waals surface area contributed by atoms with Crippen LogP contribution in [0.5, 0.6) is 0 Å². The van der Waals surface area contributed by atoms with Crippen molar-refractivity contribution in [1.29, 1.82) is 0 Å². The molecule has 7 heteroatoms. The maximum absolute atomic E-state index is 13.1. The first-order valence-electron chi connectivity index (χ1n) is 6.85. The van der Waals surface area contributed by atoms with Crippen LogP contribution < -0.4 is 4.90 Å². The van der Waals surface area contributed by atoms with Gasteiger partial charge in [0.2, 0.25) is 0 Å². The maximum Gasteiger partial charge on any atom is 0.339 e. The third kappa shape index (κ3) is 4.12. The molecule has 1 fully saturated rings. The highest BCUT2D eigenvalue weighted by molar-refractivity contribution is 5.93. The van der Waals surface area contributed by atoms with Gasteiger partial charge in [-0.3, -0.25) is 4.90 Å². The molecular formula is C14H20FN3O3. The summed E-state index contributed by atoms with van der Waals surface area (Å²) in [6, 6.07) is 0.994. The summed E-state index contributed by atoms with van der Waals surface area (Å²) in [5.74, 6) is -1.54. The zero-order valence-corrected chi connectivity index (χ0v) is 12.2. The number of β-amino-alcohol motifs (C(OH)–C–C–N with tert-alkyl or cyclic N) is 1. The molecule has 0 saturated carbocycles. The average molecular weight is 297 g/mol. The van der Waals surface area contributed by atoms with E-state index in [2.05, 4.69) is 9.88 Å². The highest BCUT2D eigenvalue weighted by Gasteiger charge is 2.25. The first kappa shape index (κ1) is 15.7. The third-order valence-corrected chi connectivity index (χ3v) is 3.35. The maximum atomic E-state index is 13.1. The molecule has 2 rings (SSSR count). The number of rotatable bonds is 4. The van der Waals surface area contributed by atoms with Crippen molar-refractivity contribution >= 4 is 11.8 Å². The van der Waals surface area contributed by atoms with Crippen LogP contribution in [0.4, 0.5) is 10.2 Å². The van der Waals surface area contributed by atoms with Gasteiger partial charge in [0.25, 0.3) is 0 Å². The normalized spacial score (nSPS) is 17.0. The number of nitrogens with zero attached hydrogens (tertiary/aromatic N) is 3. The fourth-order valence-corrected chi connectivity index (χ4v) is 2.51. The zero-order chi connectivity index (χ0) is 15.6. The van der Waals surface area contributed by atoms with Gasteiger partial charge in [0.15, 0.2) is 0 Å². The summed E-state index contributed by atoms with van der Waals surface area (Å²) in [6.45, 7) is 6.64. The van der Waals surface area contributed by atoms with Crippen molar-refractivity contribution in [1.82, 2.24) is 9.88 Å². The summed E-state index contributed by atoms with van der Waals surface area (Å²) in [7, 11) is 0. The second kappa shape index (κ2) is 5.95. The minimum atomic E-state index is -1.18. The van der Waals surface area contributed by atoms with Crippen molar-refractivity contribution in [2.75, 3.05) is 37.6 Å². The van der Waals surface area contributed by atoms with Crippen molar-refractivity contribution in [3.8, 4) is 0 Å². The lowest BCUT2D eigenvalue weighted by Crippen LogP contribution is -2.51. The number of aromatic nitrogens is 1. The summed E-state index contributed by atoms with van der Waals surface area (Å²) in [4.78, 5) is 19.1. The van der Waals surface area contributed by atoms with Crippen molar-refractivity contribution in [2.24, 2.45) is 0 Å². The van der Waals surface area contributed by atoms with E-state index in [1.165, 1.54) is 0 Å². The van der Waals surface area contributed by atoms with Crippen molar-refractivity contribution in [2.45, 2.75) is 19.4 Å². The average Bonchev–Trinajstić information content (AvgIpc) is 2.38. The Labute approximate surface area is 122 Å². The predicted molar refractivity (Wildman–Crippen MR) is 76.1 cm³/mol. The Kier molecular flexibility index (Phi) is 4.43. The number of carbonyl (C=O) groups is 1. The molecule has 2 N–H and O–H groups in total. The molecule has 1 saturated heterocycles. The fraction of sp³-hybridized carbons (Fsp3) is 0.571.